The Labute approximate surface area is 129 Å². The standard InChI is InChI=1S/C17H30N4/c1-4-5-9-21-12-16(15(3)18-21)11-20-13-17-7-6-8-19(17)10-14(20)2/h12,14,17H,4-11,13H2,1-3H3/t14-,17?/m0/s1. The number of piperazine rings is 1. The zero-order valence-electron chi connectivity index (χ0n) is 13.9. The van der Waals surface area contributed by atoms with Gasteiger partial charge in [0, 0.05) is 50.0 Å². The van der Waals surface area contributed by atoms with E-state index >= 15 is 0 Å². The second kappa shape index (κ2) is 6.49. The monoisotopic (exact) mass is 290 g/mol. The second-order valence-corrected chi connectivity index (χ2v) is 6.93. The lowest BCUT2D eigenvalue weighted by molar-refractivity contribution is 0.0539. The first-order valence-electron chi connectivity index (χ1n) is 8.68. The molecule has 3 rings (SSSR count). The minimum absolute atomic E-state index is 0.665. The normalized spacial score (nSPS) is 27.2. The van der Waals surface area contributed by atoms with Gasteiger partial charge in [0.2, 0.25) is 0 Å². The third-order valence-electron chi connectivity index (χ3n) is 5.23. The lowest BCUT2D eigenvalue weighted by Crippen LogP contribution is -2.54. The Morgan fingerprint density at radius 2 is 2.19 bits per heavy atom. The number of fused-ring (bicyclic) bond motifs is 1. The summed E-state index contributed by atoms with van der Waals surface area (Å²) in [5.74, 6) is 0. The van der Waals surface area contributed by atoms with Gasteiger partial charge in [-0.25, -0.2) is 0 Å². The van der Waals surface area contributed by atoms with Crippen molar-refractivity contribution >= 4 is 0 Å². The van der Waals surface area contributed by atoms with Crippen molar-refractivity contribution in [1.29, 1.82) is 0 Å². The number of hydrogen-bond acceptors (Lipinski definition) is 3. The van der Waals surface area contributed by atoms with E-state index in [0.29, 0.717) is 6.04 Å². The maximum absolute atomic E-state index is 4.68. The Morgan fingerprint density at radius 3 is 3.00 bits per heavy atom. The van der Waals surface area contributed by atoms with Crippen molar-refractivity contribution in [2.45, 2.75) is 71.6 Å². The molecule has 0 aromatic carbocycles. The van der Waals surface area contributed by atoms with Gasteiger partial charge in [-0.15, -0.1) is 0 Å². The molecule has 3 heterocycles. The zero-order valence-corrected chi connectivity index (χ0v) is 13.9. The van der Waals surface area contributed by atoms with Crippen molar-refractivity contribution in [1.82, 2.24) is 19.6 Å². The first-order valence-corrected chi connectivity index (χ1v) is 8.68. The minimum atomic E-state index is 0.665. The Bertz CT molecular complexity index is 467. The summed E-state index contributed by atoms with van der Waals surface area (Å²) >= 11 is 0. The summed E-state index contributed by atoms with van der Waals surface area (Å²) in [6.07, 6.45) is 7.50. The summed E-state index contributed by atoms with van der Waals surface area (Å²) in [7, 11) is 0. The summed E-state index contributed by atoms with van der Waals surface area (Å²) in [5, 5.41) is 4.68. The van der Waals surface area contributed by atoms with Gasteiger partial charge in [-0.1, -0.05) is 13.3 Å². The van der Waals surface area contributed by atoms with E-state index in [0.717, 1.165) is 19.1 Å². The molecule has 1 aromatic heterocycles. The molecule has 0 saturated carbocycles. The van der Waals surface area contributed by atoms with Crippen LogP contribution in [0.15, 0.2) is 6.20 Å². The molecule has 1 unspecified atom stereocenters. The SMILES string of the molecule is CCCCn1cc(CN2CC3CCCN3C[C@@H]2C)c(C)n1. The summed E-state index contributed by atoms with van der Waals surface area (Å²) in [6.45, 7) is 12.7. The molecule has 0 radical (unpaired) electrons. The summed E-state index contributed by atoms with van der Waals surface area (Å²) in [6, 6.07) is 1.47. The molecule has 0 aliphatic carbocycles. The van der Waals surface area contributed by atoms with Crippen LogP contribution in [0.4, 0.5) is 0 Å². The molecular weight excluding hydrogens is 260 g/mol. The zero-order chi connectivity index (χ0) is 14.8. The van der Waals surface area contributed by atoms with Crippen LogP contribution in [0.25, 0.3) is 0 Å². The number of rotatable bonds is 5. The fourth-order valence-corrected chi connectivity index (χ4v) is 3.84. The molecule has 2 aliphatic heterocycles. The first-order chi connectivity index (χ1) is 10.2. The number of hydrogen-bond donors (Lipinski definition) is 0. The van der Waals surface area contributed by atoms with E-state index in [1.807, 2.05) is 0 Å². The maximum Gasteiger partial charge on any atom is 0.0638 e. The van der Waals surface area contributed by atoms with Gasteiger partial charge in [0.25, 0.3) is 0 Å². The Hall–Kier alpha value is -0.870. The molecular formula is C17H30N4. The van der Waals surface area contributed by atoms with Gasteiger partial charge in [0.15, 0.2) is 0 Å². The lowest BCUT2D eigenvalue weighted by Gasteiger charge is -2.42. The Balaban J connectivity index is 1.64. The highest BCUT2D eigenvalue weighted by molar-refractivity contribution is 5.16. The molecule has 21 heavy (non-hydrogen) atoms. The smallest absolute Gasteiger partial charge is 0.0638 e. The fourth-order valence-electron chi connectivity index (χ4n) is 3.84. The molecule has 2 fully saturated rings. The van der Waals surface area contributed by atoms with Crippen molar-refractivity contribution in [3.8, 4) is 0 Å². The number of aromatic nitrogens is 2. The highest BCUT2D eigenvalue weighted by Crippen LogP contribution is 2.26. The molecule has 0 N–H and O–H groups in total. The van der Waals surface area contributed by atoms with E-state index < -0.39 is 0 Å². The molecule has 0 amide bonds. The molecule has 4 nitrogen and oxygen atoms in total. The van der Waals surface area contributed by atoms with Crippen LogP contribution in [0.2, 0.25) is 0 Å². The highest BCUT2D eigenvalue weighted by Gasteiger charge is 2.34. The van der Waals surface area contributed by atoms with Crippen LogP contribution in [-0.2, 0) is 13.1 Å². The van der Waals surface area contributed by atoms with Crippen molar-refractivity contribution in [3.05, 3.63) is 17.5 Å². The van der Waals surface area contributed by atoms with Crippen LogP contribution < -0.4 is 0 Å². The Morgan fingerprint density at radius 1 is 1.33 bits per heavy atom. The summed E-state index contributed by atoms with van der Waals surface area (Å²) in [5.41, 5.74) is 2.64. The third-order valence-corrected chi connectivity index (χ3v) is 5.23. The van der Waals surface area contributed by atoms with E-state index in [1.165, 1.54) is 56.6 Å². The second-order valence-electron chi connectivity index (χ2n) is 6.93. The highest BCUT2D eigenvalue weighted by atomic mass is 15.3. The van der Waals surface area contributed by atoms with E-state index in [4.69, 9.17) is 0 Å². The van der Waals surface area contributed by atoms with Crippen LogP contribution in [0.1, 0.15) is 50.8 Å². The number of nitrogens with zero attached hydrogens (tertiary/aromatic N) is 4. The van der Waals surface area contributed by atoms with E-state index in [-0.39, 0.29) is 0 Å². The maximum atomic E-state index is 4.68. The predicted octanol–water partition coefficient (Wildman–Crippen LogP) is 2.66. The lowest BCUT2D eigenvalue weighted by atomic mass is 10.1. The van der Waals surface area contributed by atoms with Crippen LogP contribution in [0, 0.1) is 6.92 Å². The minimum Gasteiger partial charge on any atom is -0.298 e. The summed E-state index contributed by atoms with van der Waals surface area (Å²) < 4.78 is 2.14. The van der Waals surface area contributed by atoms with Crippen LogP contribution in [0.5, 0.6) is 0 Å². The van der Waals surface area contributed by atoms with Crippen LogP contribution in [0.3, 0.4) is 0 Å². The van der Waals surface area contributed by atoms with Gasteiger partial charge >= 0.3 is 0 Å². The van der Waals surface area contributed by atoms with Crippen molar-refractivity contribution in [2.24, 2.45) is 0 Å². The molecule has 2 atom stereocenters. The van der Waals surface area contributed by atoms with Crippen LogP contribution in [-0.4, -0.2) is 51.3 Å². The van der Waals surface area contributed by atoms with Crippen molar-refractivity contribution in [3.63, 3.8) is 0 Å². The van der Waals surface area contributed by atoms with Crippen molar-refractivity contribution in [2.75, 3.05) is 19.6 Å². The molecule has 0 bridgehead atoms. The molecule has 2 aliphatic rings. The van der Waals surface area contributed by atoms with E-state index in [2.05, 4.69) is 46.5 Å². The largest absolute Gasteiger partial charge is 0.298 e. The quantitative estimate of drug-likeness (QED) is 0.833. The van der Waals surface area contributed by atoms with Crippen molar-refractivity contribution < 1.29 is 0 Å². The summed E-state index contributed by atoms with van der Waals surface area (Å²) in [4.78, 5) is 5.36. The average molecular weight is 290 g/mol. The van der Waals surface area contributed by atoms with E-state index in [1.54, 1.807) is 0 Å². The van der Waals surface area contributed by atoms with Gasteiger partial charge < -0.3 is 0 Å². The number of unbranched alkanes of at least 4 members (excludes halogenated alkanes) is 1. The van der Waals surface area contributed by atoms with E-state index in [9.17, 15) is 0 Å². The Kier molecular flexibility index (Phi) is 4.65. The van der Waals surface area contributed by atoms with Gasteiger partial charge in [0.05, 0.1) is 5.69 Å². The van der Waals surface area contributed by atoms with Gasteiger partial charge in [-0.05, 0) is 39.7 Å². The van der Waals surface area contributed by atoms with Crippen LogP contribution >= 0.6 is 0 Å². The molecule has 4 heteroatoms. The first kappa shape index (κ1) is 15.0. The van der Waals surface area contributed by atoms with Gasteiger partial charge in [-0.3, -0.25) is 14.5 Å². The third kappa shape index (κ3) is 3.32. The average Bonchev–Trinajstić information content (AvgIpc) is 3.04. The molecule has 0 spiro atoms. The molecule has 2 saturated heterocycles. The fraction of sp³-hybridized carbons (Fsp3) is 0.824. The van der Waals surface area contributed by atoms with Gasteiger partial charge in [0.1, 0.15) is 0 Å². The van der Waals surface area contributed by atoms with Gasteiger partial charge in [-0.2, -0.15) is 5.10 Å². The topological polar surface area (TPSA) is 24.3 Å². The predicted molar refractivity (Wildman–Crippen MR) is 86.3 cm³/mol. The number of aryl methyl sites for hydroxylation is 2. The molecule has 1 aromatic rings. The molecule has 118 valence electrons.